The third-order valence-corrected chi connectivity index (χ3v) is 5.66. The van der Waals surface area contributed by atoms with E-state index in [1.54, 1.807) is 11.8 Å². The van der Waals surface area contributed by atoms with Crippen molar-refractivity contribution in [3.8, 4) is 0 Å². The zero-order valence-electron chi connectivity index (χ0n) is 12.8. The number of hydrogen-bond donors (Lipinski definition) is 0. The fourth-order valence-corrected chi connectivity index (χ4v) is 3.96. The van der Waals surface area contributed by atoms with E-state index >= 15 is 0 Å². The van der Waals surface area contributed by atoms with Crippen molar-refractivity contribution in [2.45, 2.75) is 17.8 Å². The maximum Gasteiger partial charge on any atom is 0.196 e. The predicted molar refractivity (Wildman–Crippen MR) is 101 cm³/mol. The molecule has 0 unspecified atom stereocenters. The van der Waals surface area contributed by atoms with E-state index < -0.39 is 0 Å². The molecule has 0 atom stereocenters. The smallest absolute Gasteiger partial charge is 0.196 e. The Bertz CT molecular complexity index is 1060. The van der Waals surface area contributed by atoms with E-state index in [1.165, 1.54) is 10.9 Å². The molecule has 0 aliphatic heterocycles. The number of halogens is 2. The second kappa shape index (κ2) is 6.28. The number of benzene rings is 2. The SMILES string of the molecule is Cc1cc2nnc(SCc3ccc(Cl)c(Cl)c3)n2c2ccccc12. The monoisotopic (exact) mass is 373 g/mol. The van der Waals surface area contributed by atoms with E-state index in [-0.39, 0.29) is 0 Å². The molecule has 0 spiro atoms. The van der Waals surface area contributed by atoms with Crippen molar-refractivity contribution in [1.82, 2.24) is 14.6 Å². The van der Waals surface area contributed by atoms with Gasteiger partial charge in [0.25, 0.3) is 0 Å². The van der Waals surface area contributed by atoms with Gasteiger partial charge in [-0.15, -0.1) is 10.2 Å². The Kier molecular flexibility index (Phi) is 4.12. The van der Waals surface area contributed by atoms with E-state index in [2.05, 4.69) is 39.7 Å². The highest BCUT2D eigenvalue weighted by Crippen LogP contribution is 2.29. The molecule has 0 aliphatic carbocycles. The molecule has 0 amide bonds. The topological polar surface area (TPSA) is 30.2 Å². The van der Waals surface area contributed by atoms with Gasteiger partial charge in [0.1, 0.15) is 0 Å². The van der Waals surface area contributed by atoms with Gasteiger partial charge >= 0.3 is 0 Å². The summed E-state index contributed by atoms with van der Waals surface area (Å²) in [5.74, 6) is 0.750. The molecule has 0 fully saturated rings. The first-order chi connectivity index (χ1) is 11.6. The van der Waals surface area contributed by atoms with E-state index in [0.29, 0.717) is 10.0 Å². The average Bonchev–Trinajstić information content (AvgIpc) is 2.99. The predicted octanol–water partition coefficient (Wildman–Crippen LogP) is 5.79. The fraction of sp³-hybridized carbons (Fsp3) is 0.111. The maximum absolute atomic E-state index is 6.09. The summed E-state index contributed by atoms with van der Waals surface area (Å²) in [7, 11) is 0. The van der Waals surface area contributed by atoms with Crippen LogP contribution in [-0.2, 0) is 5.75 Å². The van der Waals surface area contributed by atoms with Crippen LogP contribution in [0.1, 0.15) is 11.1 Å². The Morgan fingerprint density at radius 1 is 1.00 bits per heavy atom. The van der Waals surface area contributed by atoms with Gasteiger partial charge in [-0.05, 0) is 42.3 Å². The van der Waals surface area contributed by atoms with Gasteiger partial charge < -0.3 is 0 Å². The van der Waals surface area contributed by atoms with Crippen LogP contribution >= 0.6 is 35.0 Å². The number of para-hydroxylation sites is 1. The number of hydrogen-bond acceptors (Lipinski definition) is 3. The van der Waals surface area contributed by atoms with Crippen molar-refractivity contribution >= 4 is 51.5 Å². The van der Waals surface area contributed by atoms with Crippen LogP contribution in [0.4, 0.5) is 0 Å². The van der Waals surface area contributed by atoms with Crippen LogP contribution in [0.2, 0.25) is 10.0 Å². The third kappa shape index (κ3) is 2.75. The molecule has 3 nitrogen and oxygen atoms in total. The number of aromatic nitrogens is 3. The number of fused-ring (bicyclic) bond motifs is 3. The zero-order chi connectivity index (χ0) is 16.7. The van der Waals surface area contributed by atoms with Gasteiger partial charge in [-0.25, -0.2) is 0 Å². The minimum atomic E-state index is 0.569. The van der Waals surface area contributed by atoms with Crippen LogP contribution in [0.15, 0.2) is 53.7 Å². The lowest BCUT2D eigenvalue weighted by Crippen LogP contribution is -1.93. The molecule has 6 heteroatoms. The Morgan fingerprint density at radius 2 is 1.83 bits per heavy atom. The molecule has 0 bridgehead atoms. The number of thioether (sulfide) groups is 1. The molecule has 0 aliphatic rings. The van der Waals surface area contributed by atoms with Crippen LogP contribution in [0.3, 0.4) is 0 Å². The Morgan fingerprint density at radius 3 is 2.67 bits per heavy atom. The van der Waals surface area contributed by atoms with Gasteiger partial charge in [0, 0.05) is 11.1 Å². The molecule has 4 aromatic rings. The van der Waals surface area contributed by atoms with Crippen molar-refractivity contribution in [1.29, 1.82) is 0 Å². The van der Waals surface area contributed by atoms with Crippen molar-refractivity contribution in [3.05, 3.63) is 69.7 Å². The zero-order valence-corrected chi connectivity index (χ0v) is 15.2. The minimum absolute atomic E-state index is 0.569. The normalized spacial score (nSPS) is 11.5. The first-order valence-corrected chi connectivity index (χ1v) is 9.18. The van der Waals surface area contributed by atoms with Crippen LogP contribution in [0.5, 0.6) is 0 Å². The highest BCUT2D eigenvalue weighted by atomic mass is 35.5. The Labute approximate surface area is 153 Å². The molecule has 0 saturated carbocycles. The van der Waals surface area contributed by atoms with Crippen LogP contribution in [0.25, 0.3) is 16.6 Å². The van der Waals surface area contributed by atoms with E-state index in [9.17, 15) is 0 Å². The van der Waals surface area contributed by atoms with Crippen molar-refractivity contribution in [3.63, 3.8) is 0 Å². The number of pyridine rings is 1. The van der Waals surface area contributed by atoms with Gasteiger partial charge in [0.2, 0.25) is 0 Å². The Hall–Kier alpha value is -1.75. The third-order valence-electron chi connectivity index (χ3n) is 3.93. The first-order valence-electron chi connectivity index (χ1n) is 7.44. The largest absolute Gasteiger partial charge is 0.270 e. The molecule has 0 radical (unpaired) electrons. The van der Waals surface area contributed by atoms with E-state index in [4.69, 9.17) is 23.2 Å². The van der Waals surface area contributed by atoms with Crippen molar-refractivity contribution in [2.75, 3.05) is 0 Å². The van der Waals surface area contributed by atoms with Gasteiger partial charge in [0.15, 0.2) is 10.8 Å². The summed E-state index contributed by atoms with van der Waals surface area (Å²) in [5, 5.41) is 11.9. The summed E-state index contributed by atoms with van der Waals surface area (Å²) < 4.78 is 2.10. The highest BCUT2D eigenvalue weighted by Gasteiger charge is 2.11. The maximum atomic E-state index is 6.09. The minimum Gasteiger partial charge on any atom is -0.270 e. The summed E-state index contributed by atoms with van der Waals surface area (Å²) in [6.45, 7) is 2.10. The highest BCUT2D eigenvalue weighted by molar-refractivity contribution is 7.98. The van der Waals surface area contributed by atoms with Gasteiger partial charge in [-0.3, -0.25) is 4.40 Å². The molecule has 2 heterocycles. The molecule has 2 aromatic carbocycles. The number of nitrogens with zero attached hydrogens (tertiary/aromatic N) is 3. The lowest BCUT2D eigenvalue weighted by Gasteiger charge is -2.07. The molecule has 2 aromatic heterocycles. The standard InChI is InChI=1S/C18H13Cl2N3S/c1-11-8-17-21-22-18(23(17)16-5-3-2-4-13(11)16)24-10-12-6-7-14(19)15(20)9-12/h2-9H,10H2,1H3. The number of aryl methyl sites for hydroxylation is 1. The first kappa shape index (κ1) is 15.8. The van der Waals surface area contributed by atoms with E-state index in [1.807, 2.05) is 30.3 Å². The Balaban J connectivity index is 1.74. The van der Waals surface area contributed by atoms with Gasteiger partial charge in [-0.1, -0.05) is 59.2 Å². The molecule has 120 valence electrons. The second-order valence-corrected chi connectivity index (χ2v) is 7.31. The summed E-state index contributed by atoms with van der Waals surface area (Å²) in [6.07, 6.45) is 0. The van der Waals surface area contributed by atoms with Crippen LogP contribution in [0, 0.1) is 6.92 Å². The summed E-state index contributed by atoms with van der Waals surface area (Å²) >= 11 is 13.7. The van der Waals surface area contributed by atoms with Crippen molar-refractivity contribution < 1.29 is 0 Å². The fourth-order valence-electron chi connectivity index (χ4n) is 2.75. The summed E-state index contributed by atoms with van der Waals surface area (Å²) in [6, 6.07) is 16.1. The summed E-state index contributed by atoms with van der Waals surface area (Å²) in [4.78, 5) is 0. The lowest BCUT2D eigenvalue weighted by atomic mass is 10.1. The molecular weight excluding hydrogens is 361 g/mol. The van der Waals surface area contributed by atoms with Gasteiger partial charge in [-0.2, -0.15) is 0 Å². The van der Waals surface area contributed by atoms with E-state index in [0.717, 1.165) is 27.6 Å². The number of rotatable bonds is 3. The van der Waals surface area contributed by atoms with Crippen LogP contribution in [-0.4, -0.2) is 14.6 Å². The molecule has 24 heavy (non-hydrogen) atoms. The van der Waals surface area contributed by atoms with Crippen molar-refractivity contribution in [2.24, 2.45) is 0 Å². The average molecular weight is 374 g/mol. The molecule has 4 rings (SSSR count). The summed E-state index contributed by atoms with van der Waals surface area (Å²) in [5.41, 5.74) is 4.28. The van der Waals surface area contributed by atoms with Crippen LogP contribution < -0.4 is 0 Å². The molecular formula is C18H13Cl2N3S. The quantitative estimate of drug-likeness (QED) is 0.425. The molecule has 0 saturated heterocycles. The second-order valence-electron chi connectivity index (χ2n) is 5.56. The van der Waals surface area contributed by atoms with Gasteiger partial charge in [0.05, 0.1) is 15.6 Å². The lowest BCUT2D eigenvalue weighted by molar-refractivity contribution is 0.939. The molecule has 0 N–H and O–H groups in total.